The van der Waals surface area contributed by atoms with E-state index >= 15 is 0 Å². The Balaban J connectivity index is 1.67. The minimum absolute atomic E-state index is 0.233. The first-order chi connectivity index (χ1) is 17.0. The first kappa shape index (κ1) is 23.1. The van der Waals surface area contributed by atoms with Gasteiger partial charge in [-0.25, -0.2) is 26.9 Å². The summed E-state index contributed by atoms with van der Waals surface area (Å²) in [5.41, 5.74) is 3.25. The van der Waals surface area contributed by atoms with Gasteiger partial charge in [0.25, 0.3) is 0 Å². The van der Waals surface area contributed by atoms with Crippen LogP contribution in [0.1, 0.15) is 29.9 Å². The maximum Gasteiger partial charge on any atom is 0.242 e. The quantitative estimate of drug-likeness (QED) is 0.392. The van der Waals surface area contributed by atoms with Crippen molar-refractivity contribution in [3.8, 4) is 23.3 Å². The van der Waals surface area contributed by atoms with Crippen molar-refractivity contribution in [2.75, 3.05) is 13.3 Å². The molecule has 10 heteroatoms. The number of nitrogens with zero attached hydrogens (tertiary/aromatic N) is 4. The summed E-state index contributed by atoms with van der Waals surface area (Å²) in [7, 11) is -4.17. The minimum atomic E-state index is -4.17. The van der Waals surface area contributed by atoms with Crippen LogP contribution >= 0.6 is 0 Å². The van der Waals surface area contributed by atoms with Crippen molar-refractivity contribution in [2.45, 2.75) is 29.7 Å². The molecular weight excluding hydrogens is 472 g/mol. The fourth-order valence-corrected chi connectivity index (χ4v) is 5.27. The molecule has 4 aromatic rings. The van der Waals surface area contributed by atoms with Gasteiger partial charge in [-0.2, -0.15) is 5.26 Å². The Morgan fingerprint density at radius 1 is 1.11 bits per heavy atom. The lowest BCUT2D eigenvalue weighted by atomic mass is 10.1. The van der Waals surface area contributed by atoms with E-state index in [2.05, 4.69) is 22.1 Å². The molecule has 0 bridgehead atoms. The summed E-state index contributed by atoms with van der Waals surface area (Å²) in [5, 5.41) is 10.8. The van der Waals surface area contributed by atoms with Gasteiger partial charge in [-0.05, 0) is 54.7 Å². The number of fused-ring (bicyclic) bond motifs is 1. The third-order valence-corrected chi connectivity index (χ3v) is 7.52. The van der Waals surface area contributed by atoms with E-state index in [4.69, 9.17) is 0 Å². The van der Waals surface area contributed by atoms with E-state index in [-0.39, 0.29) is 4.90 Å². The molecule has 5 rings (SSSR count). The van der Waals surface area contributed by atoms with E-state index in [0.717, 1.165) is 29.9 Å². The number of sulfonamides is 1. The fraction of sp³-hybridized carbons (Fsp3) is 0.240. The van der Waals surface area contributed by atoms with Crippen molar-refractivity contribution in [3.05, 3.63) is 72.1 Å². The summed E-state index contributed by atoms with van der Waals surface area (Å²) in [6.07, 6.45) is 5.03. The highest BCUT2D eigenvalue weighted by Gasteiger charge is 2.27. The third-order valence-electron chi connectivity index (χ3n) is 6.01. The SMILES string of the molecule is N#Cc1c(-c2ccc(S(=O)(=O)NC(CF)CF)cn2)n(-c2ccccn2)c2cc(C3CC3)ccc12. The molecule has 7 nitrogen and oxygen atoms in total. The Kier molecular flexibility index (Phi) is 6.05. The predicted molar refractivity (Wildman–Crippen MR) is 127 cm³/mol. The smallest absolute Gasteiger partial charge is 0.242 e. The number of rotatable bonds is 8. The van der Waals surface area contributed by atoms with Crippen LogP contribution in [0.2, 0.25) is 0 Å². The summed E-state index contributed by atoms with van der Waals surface area (Å²) in [4.78, 5) is 8.57. The van der Waals surface area contributed by atoms with Crippen LogP contribution in [0.5, 0.6) is 0 Å². The van der Waals surface area contributed by atoms with Crippen LogP contribution in [0.4, 0.5) is 8.78 Å². The van der Waals surface area contributed by atoms with E-state index in [1.54, 1.807) is 12.3 Å². The second kappa shape index (κ2) is 9.17. The highest BCUT2D eigenvalue weighted by Crippen LogP contribution is 2.43. The van der Waals surface area contributed by atoms with E-state index in [0.29, 0.717) is 28.7 Å². The largest absolute Gasteiger partial charge is 0.291 e. The molecule has 0 spiro atoms. The Bertz CT molecular complexity index is 1520. The van der Waals surface area contributed by atoms with Crippen LogP contribution in [0.3, 0.4) is 0 Å². The van der Waals surface area contributed by atoms with Gasteiger partial charge < -0.3 is 0 Å². The number of halogens is 2. The molecule has 0 radical (unpaired) electrons. The van der Waals surface area contributed by atoms with E-state index < -0.39 is 29.4 Å². The molecule has 1 saturated carbocycles. The van der Waals surface area contributed by atoms with Crippen molar-refractivity contribution in [1.82, 2.24) is 19.3 Å². The summed E-state index contributed by atoms with van der Waals surface area (Å²) in [5.74, 6) is 1.10. The van der Waals surface area contributed by atoms with Crippen LogP contribution in [0, 0.1) is 11.3 Å². The molecule has 1 N–H and O–H groups in total. The molecule has 0 saturated heterocycles. The molecule has 0 amide bonds. The molecule has 3 heterocycles. The zero-order chi connectivity index (χ0) is 24.6. The molecule has 35 heavy (non-hydrogen) atoms. The van der Waals surface area contributed by atoms with Gasteiger partial charge in [-0.3, -0.25) is 9.55 Å². The molecule has 1 fully saturated rings. The zero-order valence-corrected chi connectivity index (χ0v) is 19.3. The molecule has 178 valence electrons. The number of benzene rings is 1. The predicted octanol–water partition coefficient (Wildman–Crippen LogP) is 4.42. The Morgan fingerprint density at radius 3 is 2.51 bits per heavy atom. The Hall–Kier alpha value is -3.68. The molecule has 1 aromatic carbocycles. The number of nitriles is 1. The molecule has 3 aromatic heterocycles. The van der Waals surface area contributed by atoms with Crippen LogP contribution in [-0.4, -0.2) is 42.3 Å². The lowest BCUT2D eigenvalue weighted by molar-refractivity contribution is 0.334. The van der Waals surface area contributed by atoms with Gasteiger partial charge in [0.2, 0.25) is 10.0 Å². The maximum absolute atomic E-state index is 12.8. The minimum Gasteiger partial charge on any atom is -0.291 e. The first-order valence-corrected chi connectivity index (χ1v) is 12.6. The van der Waals surface area contributed by atoms with Crippen molar-refractivity contribution >= 4 is 20.9 Å². The summed E-state index contributed by atoms with van der Waals surface area (Å²) in [6.45, 7) is -2.33. The maximum atomic E-state index is 12.8. The van der Waals surface area contributed by atoms with Gasteiger partial charge >= 0.3 is 0 Å². The van der Waals surface area contributed by atoms with Crippen LogP contribution in [-0.2, 0) is 10.0 Å². The molecule has 0 aliphatic heterocycles. The highest BCUT2D eigenvalue weighted by atomic mass is 32.2. The lowest BCUT2D eigenvalue weighted by Gasteiger charge is -2.13. The average Bonchev–Trinajstić information content (AvgIpc) is 3.69. The first-order valence-electron chi connectivity index (χ1n) is 11.1. The summed E-state index contributed by atoms with van der Waals surface area (Å²) >= 11 is 0. The molecule has 0 atom stereocenters. The number of nitrogens with one attached hydrogen (secondary N) is 1. The molecular formula is C25H21F2N5O2S. The molecule has 1 aliphatic carbocycles. The van der Waals surface area contributed by atoms with Crippen molar-refractivity contribution < 1.29 is 17.2 Å². The second-order valence-corrected chi connectivity index (χ2v) is 10.1. The van der Waals surface area contributed by atoms with Gasteiger partial charge in [0.05, 0.1) is 28.5 Å². The van der Waals surface area contributed by atoms with Gasteiger partial charge in [0, 0.05) is 17.8 Å². The Morgan fingerprint density at radius 2 is 1.91 bits per heavy atom. The third kappa shape index (κ3) is 4.29. The topological polar surface area (TPSA) is 101 Å². The number of pyridine rings is 2. The number of hydrogen-bond acceptors (Lipinski definition) is 5. The van der Waals surface area contributed by atoms with Gasteiger partial charge in [-0.15, -0.1) is 0 Å². The standard InChI is InChI=1S/C25H21F2N5O2S/c26-12-18(13-27)31-35(33,34)19-7-9-22(30-15-19)25-21(14-28)20-8-6-17(16-4-5-16)11-23(20)32(25)24-3-1-2-10-29-24/h1-3,6-11,15-16,18,31H,4-5,12-13H2. The van der Waals surface area contributed by atoms with Gasteiger partial charge in [0.15, 0.2) is 0 Å². The molecule has 1 aliphatic rings. The van der Waals surface area contributed by atoms with Crippen LogP contribution in [0.25, 0.3) is 28.1 Å². The lowest BCUT2D eigenvalue weighted by Crippen LogP contribution is -2.37. The Labute approximate surface area is 201 Å². The zero-order valence-electron chi connectivity index (χ0n) is 18.5. The molecule has 0 unspecified atom stereocenters. The average molecular weight is 494 g/mol. The van der Waals surface area contributed by atoms with Crippen molar-refractivity contribution in [2.24, 2.45) is 0 Å². The van der Waals surface area contributed by atoms with E-state index in [1.165, 1.54) is 17.7 Å². The van der Waals surface area contributed by atoms with E-state index in [9.17, 15) is 22.5 Å². The normalized spacial score (nSPS) is 13.9. The number of aromatic nitrogens is 3. The highest BCUT2D eigenvalue weighted by molar-refractivity contribution is 7.89. The summed E-state index contributed by atoms with van der Waals surface area (Å²) < 4.78 is 54.6. The fourth-order valence-electron chi connectivity index (χ4n) is 4.13. The number of alkyl halides is 2. The second-order valence-electron chi connectivity index (χ2n) is 8.42. The van der Waals surface area contributed by atoms with Gasteiger partial charge in [-0.1, -0.05) is 18.2 Å². The monoisotopic (exact) mass is 493 g/mol. The van der Waals surface area contributed by atoms with Gasteiger partial charge in [0.1, 0.15) is 30.1 Å². The van der Waals surface area contributed by atoms with Crippen molar-refractivity contribution in [3.63, 3.8) is 0 Å². The van der Waals surface area contributed by atoms with E-state index in [1.807, 2.05) is 33.6 Å². The number of hydrogen-bond donors (Lipinski definition) is 1. The van der Waals surface area contributed by atoms with Crippen LogP contribution < -0.4 is 4.72 Å². The summed E-state index contributed by atoms with van der Waals surface area (Å²) in [6, 6.07) is 15.1. The van der Waals surface area contributed by atoms with Crippen molar-refractivity contribution in [1.29, 1.82) is 5.26 Å². The van der Waals surface area contributed by atoms with Crippen LogP contribution in [0.15, 0.2) is 65.8 Å².